The van der Waals surface area contributed by atoms with E-state index in [1.54, 1.807) is 0 Å². The van der Waals surface area contributed by atoms with Gasteiger partial charge >= 0.3 is 12.1 Å². The summed E-state index contributed by atoms with van der Waals surface area (Å²) in [4.78, 5) is 25.3. The van der Waals surface area contributed by atoms with Crippen LogP contribution in [0.4, 0.5) is 4.79 Å². The summed E-state index contributed by atoms with van der Waals surface area (Å²) in [6.07, 6.45) is 0.965. The van der Waals surface area contributed by atoms with Crippen molar-refractivity contribution in [3.63, 3.8) is 0 Å². The highest BCUT2D eigenvalue weighted by Crippen LogP contribution is 2.28. The predicted molar refractivity (Wildman–Crippen MR) is 87.2 cm³/mol. The third-order valence-corrected chi connectivity index (χ3v) is 4.07. The van der Waals surface area contributed by atoms with Gasteiger partial charge in [0.05, 0.1) is 5.92 Å². The highest BCUT2D eigenvalue weighted by atomic mass is 16.6. The molecule has 126 valence electrons. The fraction of sp³-hybridized carbons (Fsp3) is 0.556. The molecule has 0 radical (unpaired) electrons. The molecule has 1 aromatic rings. The fourth-order valence-corrected chi connectivity index (χ4v) is 2.93. The lowest BCUT2D eigenvalue weighted by atomic mass is 9.81. The van der Waals surface area contributed by atoms with Gasteiger partial charge in [0.2, 0.25) is 0 Å². The van der Waals surface area contributed by atoms with Crippen LogP contribution in [0.15, 0.2) is 30.3 Å². The van der Waals surface area contributed by atoms with E-state index in [2.05, 4.69) is 0 Å². The van der Waals surface area contributed by atoms with Crippen LogP contribution in [0.3, 0.4) is 0 Å². The summed E-state index contributed by atoms with van der Waals surface area (Å²) in [6, 6.07) is 9.89. The van der Waals surface area contributed by atoms with Crippen LogP contribution in [-0.2, 0) is 16.0 Å². The summed E-state index contributed by atoms with van der Waals surface area (Å²) in [7, 11) is 0. The van der Waals surface area contributed by atoms with E-state index < -0.39 is 23.6 Å². The molecule has 5 heteroatoms. The van der Waals surface area contributed by atoms with Crippen LogP contribution in [0, 0.1) is 11.8 Å². The molecular formula is C18H25NO4. The van der Waals surface area contributed by atoms with Gasteiger partial charge in [-0.2, -0.15) is 0 Å². The van der Waals surface area contributed by atoms with Crippen LogP contribution >= 0.6 is 0 Å². The second-order valence-corrected chi connectivity index (χ2v) is 7.11. The maximum Gasteiger partial charge on any atom is 0.410 e. The second kappa shape index (κ2) is 7.02. The number of carboxylic acid groups (broad SMARTS) is 1. The van der Waals surface area contributed by atoms with Gasteiger partial charge in [0.25, 0.3) is 0 Å². The van der Waals surface area contributed by atoms with Crippen molar-refractivity contribution in [3.05, 3.63) is 35.9 Å². The molecule has 1 N–H and O–H groups in total. The number of amides is 1. The van der Waals surface area contributed by atoms with Crippen molar-refractivity contribution < 1.29 is 19.4 Å². The molecule has 1 saturated heterocycles. The van der Waals surface area contributed by atoms with Crippen molar-refractivity contribution in [2.75, 3.05) is 13.1 Å². The number of piperidine rings is 1. The largest absolute Gasteiger partial charge is 0.481 e. The number of likely N-dealkylation sites (tertiary alicyclic amines) is 1. The number of carboxylic acids is 1. The molecule has 1 aromatic carbocycles. The zero-order valence-corrected chi connectivity index (χ0v) is 14.0. The third kappa shape index (κ3) is 4.98. The monoisotopic (exact) mass is 319 g/mol. The molecule has 0 bridgehead atoms. The van der Waals surface area contributed by atoms with E-state index in [9.17, 15) is 14.7 Å². The second-order valence-electron chi connectivity index (χ2n) is 7.11. The van der Waals surface area contributed by atoms with E-state index in [1.165, 1.54) is 4.90 Å². The van der Waals surface area contributed by atoms with Gasteiger partial charge in [0, 0.05) is 13.1 Å². The lowest BCUT2D eigenvalue weighted by molar-refractivity contribution is -0.145. The number of benzene rings is 1. The number of aliphatic carboxylic acids is 1. The molecule has 1 aliphatic rings. The maximum atomic E-state index is 12.2. The van der Waals surface area contributed by atoms with Crippen LogP contribution in [0.25, 0.3) is 0 Å². The van der Waals surface area contributed by atoms with E-state index in [4.69, 9.17) is 4.74 Å². The van der Waals surface area contributed by atoms with Gasteiger partial charge in [0.1, 0.15) is 5.60 Å². The molecule has 1 fully saturated rings. The zero-order valence-electron chi connectivity index (χ0n) is 14.0. The first kappa shape index (κ1) is 17.3. The molecule has 1 amide bonds. The molecule has 23 heavy (non-hydrogen) atoms. The van der Waals surface area contributed by atoms with E-state index in [1.807, 2.05) is 51.1 Å². The number of ether oxygens (including phenoxy) is 1. The SMILES string of the molecule is CC(C)(C)OC(=O)N1CC[C@@H](Cc2ccccc2)[C@@H](C(=O)O)C1. The van der Waals surface area contributed by atoms with Gasteiger partial charge in [-0.15, -0.1) is 0 Å². The van der Waals surface area contributed by atoms with Crippen molar-refractivity contribution in [3.8, 4) is 0 Å². The van der Waals surface area contributed by atoms with Crippen molar-refractivity contribution in [1.29, 1.82) is 0 Å². The Morgan fingerprint density at radius 2 is 1.91 bits per heavy atom. The Morgan fingerprint density at radius 1 is 1.26 bits per heavy atom. The van der Waals surface area contributed by atoms with Gasteiger partial charge in [-0.3, -0.25) is 4.79 Å². The molecule has 1 heterocycles. The summed E-state index contributed by atoms with van der Waals surface area (Å²) in [5.41, 5.74) is 0.561. The molecule has 0 unspecified atom stereocenters. The van der Waals surface area contributed by atoms with Crippen LogP contribution < -0.4 is 0 Å². The minimum atomic E-state index is -0.848. The molecule has 0 spiro atoms. The number of hydrogen-bond acceptors (Lipinski definition) is 3. The Balaban J connectivity index is 2.03. The Morgan fingerprint density at radius 3 is 2.48 bits per heavy atom. The van der Waals surface area contributed by atoms with Crippen molar-refractivity contribution in [2.45, 2.75) is 39.2 Å². The van der Waals surface area contributed by atoms with Crippen molar-refractivity contribution in [1.82, 2.24) is 4.90 Å². The van der Waals surface area contributed by atoms with Gasteiger partial charge < -0.3 is 14.7 Å². The average molecular weight is 319 g/mol. The zero-order chi connectivity index (χ0) is 17.0. The summed E-state index contributed by atoms with van der Waals surface area (Å²) in [6.45, 7) is 6.17. The lowest BCUT2D eigenvalue weighted by Gasteiger charge is -2.37. The Labute approximate surface area is 137 Å². The van der Waals surface area contributed by atoms with Crippen molar-refractivity contribution >= 4 is 12.1 Å². The average Bonchev–Trinajstić information content (AvgIpc) is 2.46. The first-order valence-electron chi connectivity index (χ1n) is 8.01. The number of carbonyl (C=O) groups is 2. The first-order chi connectivity index (χ1) is 10.8. The minimum absolute atomic E-state index is 0.0357. The smallest absolute Gasteiger partial charge is 0.410 e. The molecule has 2 rings (SSSR count). The van der Waals surface area contributed by atoms with Gasteiger partial charge in [0.15, 0.2) is 0 Å². The molecule has 2 atom stereocenters. The summed E-state index contributed by atoms with van der Waals surface area (Å²) in [5, 5.41) is 9.54. The van der Waals surface area contributed by atoms with E-state index in [0.29, 0.717) is 13.0 Å². The lowest BCUT2D eigenvalue weighted by Crippen LogP contribution is -2.48. The Hall–Kier alpha value is -2.04. The molecule has 5 nitrogen and oxygen atoms in total. The summed E-state index contributed by atoms with van der Waals surface area (Å²) < 4.78 is 5.35. The fourth-order valence-electron chi connectivity index (χ4n) is 2.93. The van der Waals surface area contributed by atoms with Gasteiger partial charge in [-0.25, -0.2) is 4.79 Å². The summed E-state index contributed by atoms with van der Waals surface area (Å²) >= 11 is 0. The topological polar surface area (TPSA) is 66.8 Å². The molecule has 0 aliphatic carbocycles. The van der Waals surface area contributed by atoms with Gasteiger partial charge in [-0.05, 0) is 45.1 Å². The Bertz CT molecular complexity index is 550. The van der Waals surface area contributed by atoms with Crippen LogP contribution in [0.5, 0.6) is 0 Å². The summed E-state index contributed by atoms with van der Waals surface area (Å²) in [5.74, 6) is -1.37. The molecule has 0 saturated carbocycles. The van der Waals surface area contributed by atoms with E-state index in [0.717, 1.165) is 12.0 Å². The molecule has 0 aromatic heterocycles. The standard InChI is InChI=1S/C18H25NO4/c1-18(2,3)23-17(22)19-10-9-14(15(12-19)16(20)21)11-13-7-5-4-6-8-13/h4-8,14-15H,9-12H2,1-3H3,(H,20,21)/t14-,15-/m0/s1. The molecule has 1 aliphatic heterocycles. The predicted octanol–water partition coefficient (Wildman–Crippen LogP) is 3.19. The van der Waals surface area contributed by atoms with Crippen LogP contribution in [0.2, 0.25) is 0 Å². The quantitative estimate of drug-likeness (QED) is 0.929. The molecular weight excluding hydrogens is 294 g/mol. The van der Waals surface area contributed by atoms with Crippen molar-refractivity contribution in [2.24, 2.45) is 11.8 Å². The first-order valence-corrected chi connectivity index (χ1v) is 8.01. The highest BCUT2D eigenvalue weighted by Gasteiger charge is 2.37. The van der Waals surface area contributed by atoms with Gasteiger partial charge in [-0.1, -0.05) is 30.3 Å². The maximum absolute atomic E-state index is 12.2. The number of nitrogens with zero attached hydrogens (tertiary/aromatic N) is 1. The van der Waals surface area contributed by atoms with E-state index in [-0.39, 0.29) is 12.5 Å². The normalized spacial score (nSPS) is 21.8. The highest BCUT2D eigenvalue weighted by molar-refractivity contribution is 5.73. The van der Waals surface area contributed by atoms with Crippen LogP contribution in [-0.4, -0.2) is 40.8 Å². The minimum Gasteiger partial charge on any atom is -0.481 e. The Kier molecular flexibility index (Phi) is 5.29. The number of rotatable bonds is 3. The third-order valence-electron chi connectivity index (χ3n) is 4.07. The van der Waals surface area contributed by atoms with Crippen LogP contribution in [0.1, 0.15) is 32.8 Å². The number of carbonyl (C=O) groups excluding carboxylic acids is 1. The number of hydrogen-bond donors (Lipinski definition) is 1. The van der Waals surface area contributed by atoms with E-state index >= 15 is 0 Å².